The number of guanidine groups is 1. The summed E-state index contributed by atoms with van der Waals surface area (Å²) in [6.45, 7) is 4.05. The zero-order valence-electron chi connectivity index (χ0n) is 9.54. The molecular weight excluding hydrogens is 210 g/mol. The maximum Gasteiger partial charge on any atom is 0.251 e. The van der Waals surface area contributed by atoms with Gasteiger partial charge in [-0.15, -0.1) is 0 Å². The molecule has 4 nitrogen and oxygen atoms in total. The summed E-state index contributed by atoms with van der Waals surface area (Å²) in [5.74, 6) is 1.75. The van der Waals surface area contributed by atoms with Crippen LogP contribution in [0.15, 0.2) is 4.99 Å². The van der Waals surface area contributed by atoms with Gasteiger partial charge < -0.3 is 5.32 Å². The van der Waals surface area contributed by atoms with Gasteiger partial charge in [-0.25, -0.2) is 4.99 Å². The topological polar surface area (TPSA) is 53.5 Å². The summed E-state index contributed by atoms with van der Waals surface area (Å²) in [6, 6.07) is 0.118. The number of carbonyl (C=O) groups is 1. The van der Waals surface area contributed by atoms with E-state index in [1.54, 1.807) is 11.8 Å². The van der Waals surface area contributed by atoms with Crippen LogP contribution in [0, 0.1) is 0 Å². The summed E-state index contributed by atoms with van der Waals surface area (Å²) >= 11 is 1.80. The first-order valence-electron chi connectivity index (χ1n) is 5.27. The SMILES string of the molecule is CSCCCC1N=C(NC(C)C)NC1=O. The molecule has 5 heteroatoms. The molecule has 0 bridgehead atoms. The lowest BCUT2D eigenvalue weighted by atomic mass is 10.2. The van der Waals surface area contributed by atoms with Gasteiger partial charge in [-0.2, -0.15) is 11.8 Å². The Hall–Kier alpha value is -0.710. The van der Waals surface area contributed by atoms with E-state index < -0.39 is 0 Å². The van der Waals surface area contributed by atoms with E-state index in [0.29, 0.717) is 12.0 Å². The zero-order chi connectivity index (χ0) is 11.3. The maximum atomic E-state index is 11.5. The molecular formula is C10H19N3OS. The monoisotopic (exact) mass is 229 g/mol. The van der Waals surface area contributed by atoms with Crippen LogP contribution in [0.2, 0.25) is 0 Å². The second kappa shape index (κ2) is 6.00. The van der Waals surface area contributed by atoms with Gasteiger partial charge in [0.1, 0.15) is 6.04 Å². The smallest absolute Gasteiger partial charge is 0.251 e. The van der Waals surface area contributed by atoms with Crippen molar-refractivity contribution in [2.75, 3.05) is 12.0 Å². The molecule has 1 heterocycles. The second-order valence-electron chi connectivity index (χ2n) is 3.92. The molecule has 15 heavy (non-hydrogen) atoms. The summed E-state index contributed by atoms with van der Waals surface area (Å²) < 4.78 is 0. The van der Waals surface area contributed by atoms with Crippen LogP contribution in [-0.2, 0) is 4.79 Å². The maximum absolute atomic E-state index is 11.5. The molecule has 2 N–H and O–H groups in total. The first-order chi connectivity index (χ1) is 7.13. The minimum atomic E-state index is -0.182. The van der Waals surface area contributed by atoms with Crippen molar-refractivity contribution in [3.63, 3.8) is 0 Å². The van der Waals surface area contributed by atoms with Crippen LogP contribution in [0.5, 0.6) is 0 Å². The Morgan fingerprint density at radius 2 is 2.33 bits per heavy atom. The highest BCUT2D eigenvalue weighted by Crippen LogP contribution is 2.09. The number of amides is 1. The van der Waals surface area contributed by atoms with Crippen LogP contribution >= 0.6 is 11.8 Å². The van der Waals surface area contributed by atoms with E-state index in [1.807, 2.05) is 13.8 Å². The molecule has 0 saturated carbocycles. The Morgan fingerprint density at radius 1 is 1.60 bits per heavy atom. The fourth-order valence-corrected chi connectivity index (χ4v) is 1.87. The summed E-state index contributed by atoms with van der Waals surface area (Å²) in [6.07, 6.45) is 3.96. The summed E-state index contributed by atoms with van der Waals surface area (Å²) in [5.41, 5.74) is 0. The van der Waals surface area contributed by atoms with Gasteiger partial charge in [0.05, 0.1) is 0 Å². The third kappa shape index (κ3) is 4.11. The first-order valence-corrected chi connectivity index (χ1v) is 6.67. The number of thioether (sulfide) groups is 1. The minimum absolute atomic E-state index is 0.0271. The molecule has 1 unspecified atom stereocenters. The number of hydrogen-bond donors (Lipinski definition) is 2. The van der Waals surface area contributed by atoms with E-state index in [4.69, 9.17) is 0 Å². The molecule has 0 radical (unpaired) electrons. The summed E-state index contributed by atoms with van der Waals surface area (Å²) in [4.78, 5) is 15.8. The average Bonchev–Trinajstić information content (AvgIpc) is 2.46. The standard InChI is InChI=1S/C10H19N3OS/c1-7(2)11-10-12-8(9(14)13-10)5-4-6-15-3/h7-8H,4-6H2,1-3H3,(H2,11,12,13,14). The number of aliphatic imine (C=N–C) groups is 1. The molecule has 0 fully saturated rings. The minimum Gasteiger partial charge on any atom is -0.354 e. The van der Waals surface area contributed by atoms with Crippen molar-refractivity contribution in [3.05, 3.63) is 0 Å². The van der Waals surface area contributed by atoms with E-state index in [1.165, 1.54) is 0 Å². The van der Waals surface area contributed by atoms with Crippen LogP contribution in [-0.4, -0.2) is 36.0 Å². The van der Waals surface area contributed by atoms with E-state index in [0.717, 1.165) is 18.6 Å². The van der Waals surface area contributed by atoms with Crippen LogP contribution in [0.4, 0.5) is 0 Å². The van der Waals surface area contributed by atoms with E-state index >= 15 is 0 Å². The third-order valence-corrected chi connectivity index (χ3v) is 2.78. The molecule has 0 aromatic heterocycles. The van der Waals surface area contributed by atoms with Crippen molar-refractivity contribution in [2.24, 2.45) is 4.99 Å². The Balaban J connectivity index is 2.37. The van der Waals surface area contributed by atoms with Crippen LogP contribution in [0.25, 0.3) is 0 Å². The lowest BCUT2D eigenvalue weighted by Gasteiger charge is -2.07. The molecule has 1 aliphatic rings. The fourth-order valence-electron chi connectivity index (χ4n) is 1.41. The van der Waals surface area contributed by atoms with Crippen molar-refractivity contribution in [2.45, 2.75) is 38.8 Å². The number of nitrogens with zero attached hydrogens (tertiary/aromatic N) is 1. The van der Waals surface area contributed by atoms with E-state index in [9.17, 15) is 4.79 Å². The Labute approximate surface area is 95.3 Å². The number of hydrogen-bond acceptors (Lipinski definition) is 4. The van der Waals surface area contributed by atoms with Gasteiger partial charge in [-0.1, -0.05) is 0 Å². The summed E-state index contributed by atoms with van der Waals surface area (Å²) in [5, 5.41) is 5.86. The molecule has 1 rings (SSSR count). The van der Waals surface area contributed by atoms with Gasteiger partial charge in [0.15, 0.2) is 5.96 Å². The molecule has 0 aromatic carbocycles. The van der Waals surface area contributed by atoms with Gasteiger partial charge >= 0.3 is 0 Å². The molecule has 1 amide bonds. The highest BCUT2D eigenvalue weighted by Gasteiger charge is 2.25. The van der Waals surface area contributed by atoms with Gasteiger partial charge in [0.2, 0.25) is 0 Å². The lowest BCUT2D eigenvalue weighted by Crippen LogP contribution is -2.40. The van der Waals surface area contributed by atoms with E-state index in [2.05, 4.69) is 21.9 Å². The number of carbonyl (C=O) groups excluding carboxylic acids is 1. The largest absolute Gasteiger partial charge is 0.354 e. The van der Waals surface area contributed by atoms with Gasteiger partial charge in [-0.3, -0.25) is 10.1 Å². The molecule has 0 spiro atoms. The highest BCUT2D eigenvalue weighted by molar-refractivity contribution is 7.98. The Kier molecular flexibility index (Phi) is 4.94. The molecule has 86 valence electrons. The predicted octanol–water partition coefficient (Wildman–Crippen LogP) is 0.982. The van der Waals surface area contributed by atoms with Crippen molar-refractivity contribution in [1.29, 1.82) is 0 Å². The quantitative estimate of drug-likeness (QED) is 0.691. The predicted molar refractivity (Wildman–Crippen MR) is 65.3 cm³/mol. The van der Waals surface area contributed by atoms with Crippen LogP contribution in [0.1, 0.15) is 26.7 Å². The highest BCUT2D eigenvalue weighted by atomic mass is 32.2. The van der Waals surface area contributed by atoms with Gasteiger partial charge in [-0.05, 0) is 38.7 Å². The van der Waals surface area contributed by atoms with Crippen molar-refractivity contribution >= 4 is 23.6 Å². The molecule has 1 aliphatic heterocycles. The van der Waals surface area contributed by atoms with E-state index in [-0.39, 0.29) is 11.9 Å². The Morgan fingerprint density at radius 3 is 2.93 bits per heavy atom. The third-order valence-electron chi connectivity index (χ3n) is 2.08. The lowest BCUT2D eigenvalue weighted by molar-refractivity contribution is -0.120. The zero-order valence-corrected chi connectivity index (χ0v) is 10.4. The van der Waals surface area contributed by atoms with Crippen LogP contribution < -0.4 is 10.6 Å². The molecule has 1 atom stereocenters. The van der Waals surface area contributed by atoms with Gasteiger partial charge in [0, 0.05) is 6.04 Å². The van der Waals surface area contributed by atoms with Crippen molar-refractivity contribution < 1.29 is 4.79 Å². The normalized spacial score (nSPS) is 20.4. The van der Waals surface area contributed by atoms with Crippen molar-refractivity contribution in [3.8, 4) is 0 Å². The first kappa shape index (κ1) is 12.4. The molecule has 0 aromatic rings. The molecule has 0 saturated heterocycles. The Bertz CT molecular complexity index is 253. The van der Waals surface area contributed by atoms with Gasteiger partial charge in [0.25, 0.3) is 5.91 Å². The fraction of sp³-hybridized carbons (Fsp3) is 0.800. The molecule has 0 aliphatic carbocycles. The summed E-state index contributed by atoms with van der Waals surface area (Å²) in [7, 11) is 0. The number of rotatable bonds is 5. The second-order valence-corrected chi connectivity index (χ2v) is 4.90. The van der Waals surface area contributed by atoms with Crippen molar-refractivity contribution in [1.82, 2.24) is 10.6 Å². The number of nitrogens with one attached hydrogen (secondary N) is 2. The van der Waals surface area contributed by atoms with Crippen LogP contribution in [0.3, 0.4) is 0 Å². The average molecular weight is 229 g/mol.